The molecule has 3 aromatic heterocycles. The number of hydrogen-bond donors (Lipinski definition) is 0. The minimum Gasteiger partial charge on any atom is -0.839 e. The fourth-order valence-corrected chi connectivity index (χ4v) is 3.33. The first kappa shape index (κ1) is 16.4. The maximum atomic E-state index is 12.6. The minimum absolute atomic E-state index is 0.176. The highest BCUT2D eigenvalue weighted by atomic mass is 35.5. The van der Waals surface area contributed by atoms with Crippen molar-refractivity contribution < 1.29 is 19.1 Å². The third kappa shape index (κ3) is 2.74. The van der Waals surface area contributed by atoms with Crippen LogP contribution in [0.25, 0.3) is 5.65 Å². The van der Waals surface area contributed by atoms with Gasteiger partial charge in [-0.2, -0.15) is 0 Å². The van der Waals surface area contributed by atoms with Gasteiger partial charge in [-0.15, -0.1) is 11.3 Å². The molecule has 3 heterocycles. The second-order valence-electron chi connectivity index (χ2n) is 5.28. The lowest BCUT2D eigenvalue weighted by Crippen LogP contribution is -2.32. The van der Waals surface area contributed by atoms with Crippen molar-refractivity contribution >= 4 is 40.3 Å². The molecule has 9 heteroatoms. The number of fused-ring (bicyclic) bond motifs is 1. The molecule has 0 saturated heterocycles. The van der Waals surface area contributed by atoms with E-state index in [2.05, 4.69) is 4.98 Å². The molecule has 0 fully saturated rings. The van der Waals surface area contributed by atoms with Gasteiger partial charge in [0, 0.05) is 26.4 Å². The molecule has 0 spiro atoms. The number of hydrogen-bond acceptors (Lipinski definition) is 5. The Kier molecular flexibility index (Phi) is 4.25. The van der Waals surface area contributed by atoms with Crippen LogP contribution in [0.15, 0.2) is 30.6 Å². The Hall–Kier alpha value is -2.45. The number of amides is 1. The van der Waals surface area contributed by atoms with E-state index in [-0.39, 0.29) is 12.2 Å². The van der Waals surface area contributed by atoms with Crippen molar-refractivity contribution in [2.45, 2.75) is 6.54 Å². The molecule has 7 nitrogen and oxygen atoms in total. The van der Waals surface area contributed by atoms with Crippen molar-refractivity contribution in [3.05, 3.63) is 45.6 Å². The van der Waals surface area contributed by atoms with Gasteiger partial charge in [0.05, 0.1) is 11.1 Å². The molecule has 24 heavy (non-hydrogen) atoms. The first-order valence-electron chi connectivity index (χ1n) is 6.96. The van der Waals surface area contributed by atoms with E-state index in [1.807, 2.05) is 0 Å². The fourth-order valence-electron chi connectivity index (χ4n) is 2.37. The first-order valence-corrected chi connectivity index (χ1v) is 8.15. The highest BCUT2D eigenvalue weighted by molar-refractivity contribution is 7.15. The number of ketones is 1. The topological polar surface area (TPSA) is 82.4 Å². The van der Waals surface area contributed by atoms with Gasteiger partial charge in [0.2, 0.25) is 5.69 Å². The van der Waals surface area contributed by atoms with Gasteiger partial charge < -0.3 is 10.0 Å². The molecule has 124 valence electrons. The summed E-state index contributed by atoms with van der Waals surface area (Å²) in [7, 11) is 2.93. The van der Waals surface area contributed by atoms with E-state index >= 15 is 0 Å². The van der Waals surface area contributed by atoms with Gasteiger partial charge in [-0.25, -0.2) is 14.0 Å². The van der Waals surface area contributed by atoms with Gasteiger partial charge in [0.1, 0.15) is 12.4 Å². The van der Waals surface area contributed by atoms with Crippen LogP contribution in [0.5, 0.6) is 5.88 Å². The number of carbonyl (C=O) groups excluding carboxylic acids is 2. The number of likely N-dealkylation sites (N-methyl/N-ethyl adjacent to an activating group) is 1. The van der Waals surface area contributed by atoms with Crippen molar-refractivity contribution in [1.82, 2.24) is 14.5 Å². The number of aromatic nitrogens is 3. The average Bonchev–Trinajstić information content (AvgIpc) is 3.09. The third-order valence-electron chi connectivity index (χ3n) is 3.46. The predicted octanol–water partition coefficient (Wildman–Crippen LogP) is 0.730. The summed E-state index contributed by atoms with van der Waals surface area (Å²) in [5.41, 5.74) is 0.339. The van der Waals surface area contributed by atoms with E-state index in [0.717, 1.165) is 9.78 Å². The molecule has 0 N–H and O–H groups in total. The van der Waals surface area contributed by atoms with Crippen LogP contribution in [-0.4, -0.2) is 40.2 Å². The lowest BCUT2D eigenvalue weighted by Gasteiger charge is -2.09. The van der Waals surface area contributed by atoms with Crippen LogP contribution < -0.4 is 9.51 Å². The Labute approximate surface area is 146 Å². The first-order chi connectivity index (χ1) is 11.4. The molecule has 0 aromatic carbocycles. The zero-order valence-corrected chi connectivity index (χ0v) is 14.5. The molecule has 0 aliphatic rings. The second kappa shape index (κ2) is 6.21. The van der Waals surface area contributed by atoms with Crippen molar-refractivity contribution in [3.63, 3.8) is 0 Å². The summed E-state index contributed by atoms with van der Waals surface area (Å²) >= 11 is 7.10. The molecule has 0 atom stereocenters. The van der Waals surface area contributed by atoms with Crippen molar-refractivity contribution in [2.24, 2.45) is 0 Å². The summed E-state index contributed by atoms with van der Waals surface area (Å²) in [5, 5.41) is 12.6. The minimum atomic E-state index is -0.843. The van der Waals surface area contributed by atoms with Crippen LogP contribution in [0.4, 0.5) is 0 Å². The molecule has 3 rings (SSSR count). The monoisotopic (exact) mass is 364 g/mol. The number of pyridine rings is 1. The Morgan fingerprint density at radius 2 is 2.17 bits per heavy atom. The van der Waals surface area contributed by atoms with Crippen molar-refractivity contribution in [3.8, 4) is 5.88 Å². The maximum absolute atomic E-state index is 12.6. The van der Waals surface area contributed by atoms with E-state index < -0.39 is 17.6 Å². The van der Waals surface area contributed by atoms with Gasteiger partial charge in [0.25, 0.3) is 17.3 Å². The fraction of sp³-hybridized carbons (Fsp3) is 0.200. The summed E-state index contributed by atoms with van der Waals surface area (Å²) in [6.07, 6.45) is 3.14. The lowest BCUT2D eigenvalue weighted by molar-refractivity contribution is -0.582. The standard InChI is InChI=1S/C15H13ClN4O3S/c1-18(2)14(23)12(21)11-13(22)19-6-4-3-5-10(19)20(11)8-9-7-17-15(16)24-9/h3-7H,8H2,1-2H3. The van der Waals surface area contributed by atoms with E-state index in [0.29, 0.717) is 10.1 Å². The molecule has 0 saturated carbocycles. The zero-order chi connectivity index (χ0) is 17.4. The van der Waals surface area contributed by atoms with Gasteiger partial charge >= 0.3 is 0 Å². The molecular formula is C15H13ClN4O3S. The molecular weight excluding hydrogens is 352 g/mol. The molecule has 0 aliphatic heterocycles. The van der Waals surface area contributed by atoms with Crippen LogP contribution in [-0.2, 0) is 11.3 Å². The van der Waals surface area contributed by atoms with Crippen LogP contribution >= 0.6 is 22.9 Å². The number of thiazole rings is 1. The number of imidazole rings is 1. The maximum Gasteiger partial charge on any atom is 0.298 e. The van der Waals surface area contributed by atoms with E-state index in [1.165, 1.54) is 34.4 Å². The average molecular weight is 365 g/mol. The molecule has 0 bridgehead atoms. The SMILES string of the molecule is CN(C)C(=O)C(=O)c1c([O-])[n+]2ccccc2n1Cc1cnc(Cl)s1. The normalized spacial score (nSPS) is 11.0. The van der Waals surface area contributed by atoms with E-state index in [4.69, 9.17) is 11.6 Å². The smallest absolute Gasteiger partial charge is 0.298 e. The molecule has 0 radical (unpaired) electrons. The van der Waals surface area contributed by atoms with Crippen LogP contribution in [0.3, 0.4) is 0 Å². The Bertz CT molecular complexity index is 947. The van der Waals surface area contributed by atoms with Crippen LogP contribution in [0.2, 0.25) is 4.47 Å². The Balaban J connectivity index is 2.19. The van der Waals surface area contributed by atoms with Gasteiger partial charge in [0.15, 0.2) is 4.47 Å². The van der Waals surface area contributed by atoms with Crippen molar-refractivity contribution in [2.75, 3.05) is 14.1 Å². The van der Waals surface area contributed by atoms with Gasteiger partial charge in [-0.1, -0.05) is 17.7 Å². The summed E-state index contributed by atoms with van der Waals surface area (Å²) in [6.45, 7) is 0.224. The molecule has 0 aliphatic carbocycles. The van der Waals surface area contributed by atoms with Crippen LogP contribution in [0.1, 0.15) is 15.4 Å². The summed E-state index contributed by atoms with van der Waals surface area (Å²) in [5.74, 6) is -2.12. The number of halogens is 1. The summed E-state index contributed by atoms with van der Waals surface area (Å²) in [6, 6.07) is 5.15. The van der Waals surface area contributed by atoms with E-state index in [1.54, 1.807) is 30.6 Å². The Morgan fingerprint density at radius 3 is 2.79 bits per heavy atom. The van der Waals surface area contributed by atoms with Crippen molar-refractivity contribution in [1.29, 1.82) is 0 Å². The highest BCUT2D eigenvalue weighted by Gasteiger charge is 2.31. The van der Waals surface area contributed by atoms with E-state index in [9.17, 15) is 14.7 Å². The predicted molar refractivity (Wildman–Crippen MR) is 86.3 cm³/mol. The Morgan fingerprint density at radius 1 is 1.42 bits per heavy atom. The van der Waals surface area contributed by atoms with Gasteiger partial charge in [-0.3, -0.25) is 9.59 Å². The number of carbonyl (C=O) groups is 2. The molecule has 1 amide bonds. The quantitative estimate of drug-likeness (QED) is 0.388. The summed E-state index contributed by atoms with van der Waals surface area (Å²) < 4.78 is 3.24. The molecule has 0 unspecified atom stereocenters. The molecule has 3 aromatic rings. The number of Topliss-reactive ketones (excluding diaryl/α,β-unsaturated/α-hetero) is 1. The second-order valence-corrected chi connectivity index (χ2v) is 6.97. The summed E-state index contributed by atoms with van der Waals surface area (Å²) in [4.78, 5) is 30.5. The third-order valence-corrected chi connectivity index (χ3v) is 4.56. The van der Waals surface area contributed by atoms with Crippen LogP contribution in [0, 0.1) is 0 Å². The largest absolute Gasteiger partial charge is 0.839 e. The van der Waals surface area contributed by atoms with Gasteiger partial charge in [-0.05, 0) is 6.07 Å². The number of nitrogens with zero attached hydrogens (tertiary/aromatic N) is 4. The lowest BCUT2D eigenvalue weighted by atomic mass is 10.2. The zero-order valence-electron chi connectivity index (χ0n) is 12.9. The highest BCUT2D eigenvalue weighted by Crippen LogP contribution is 2.23. The number of rotatable bonds is 4.